The Morgan fingerprint density at radius 2 is 1.79 bits per heavy atom. The van der Waals surface area contributed by atoms with Gasteiger partial charge in [-0.3, -0.25) is 4.79 Å². The maximum atomic E-state index is 12.0. The average molecular weight is 324 g/mol. The lowest BCUT2D eigenvalue weighted by Gasteiger charge is -2.16. The minimum Gasteiger partial charge on any atom is -0.493 e. The molecule has 24 heavy (non-hydrogen) atoms. The Balaban J connectivity index is 2.26. The summed E-state index contributed by atoms with van der Waals surface area (Å²) in [6.07, 6.45) is 0. The van der Waals surface area contributed by atoms with Gasteiger partial charge in [0.05, 0.1) is 31.3 Å². The first-order valence-electron chi connectivity index (χ1n) is 7.76. The van der Waals surface area contributed by atoms with Crippen molar-refractivity contribution in [2.45, 2.75) is 19.9 Å². The van der Waals surface area contributed by atoms with Crippen LogP contribution in [0.25, 0.3) is 22.4 Å². The van der Waals surface area contributed by atoms with E-state index in [1.165, 1.54) is 0 Å². The number of Topliss-reactive ketones (excluding diaryl/α,β-unsaturated/α-hetero) is 1. The van der Waals surface area contributed by atoms with Crippen molar-refractivity contribution in [1.82, 2.24) is 9.55 Å². The van der Waals surface area contributed by atoms with Gasteiger partial charge < -0.3 is 14.0 Å². The smallest absolute Gasteiger partial charge is 0.161 e. The number of ketones is 1. The molecular weight excluding hydrogens is 304 g/mol. The van der Waals surface area contributed by atoms with Crippen LogP contribution in [0.1, 0.15) is 19.9 Å². The SMILES string of the molecule is COc1ccc(-c2nc3ccccc3n2C(C)C(C)=O)cc1OC. The number of fused-ring (bicyclic) bond motifs is 1. The highest BCUT2D eigenvalue weighted by Gasteiger charge is 2.20. The molecule has 3 rings (SSSR count). The van der Waals surface area contributed by atoms with Crippen molar-refractivity contribution in [3.8, 4) is 22.9 Å². The van der Waals surface area contributed by atoms with Gasteiger partial charge in [-0.1, -0.05) is 12.1 Å². The van der Waals surface area contributed by atoms with Crippen LogP contribution in [-0.4, -0.2) is 29.6 Å². The quantitative estimate of drug-likeness (QED) is 0.715. The minimum absolute atomic E-state index is 0.0832. The van der Waals surface area contributed by atoms with Crippen LogP contribution in [0.2, 0.25) is 0 Å². The fourth-order valence-corrected chi connectivity index (χ4v) is 2.80. The second kappa shape index (κ2) is 6.35. The third-order valence-corrected chi connectivity index (χ3v) is 4.21. The van der Waals surface area contributed by atoms with Gasteiger partial charge in [-0.05, 0) is 44.2 Å². The van der Waals surface area contributed by atoms with Crippen LogP contribution in [0, 0.1) is 0 Å². The second-order valence-electron chi connectivity index (χ2n) is 5.65. The standard InChI is InChI=1S/C19H20N2O3/c1-12(13(2)22)21-16-8-6-5-7-15(16)20-19(21)14-9-10-17(23-3)18(11-14)24-4/h5-12H,1-4H3. The monoisotopic (exact) mass is 324 g/mol. The van der Waals surface area contributed by atoms with Crippen molar-refractivity contribution in [3.05, 3.63) is 42.5 Å². The zero-order valence-corrected chi connectivity index (χ0v) is 14.2. The predicted octanol–water partition coefficient (Wildman–Crippen LogP) is 3.87. The first-order chi connectivity index (χ1) is 11.6. The molecule has 0 aliphatic rings. The van der Waals surface area contributed by atoms with Gasteiger partial charge in [-0.2, -0.15) is 0 Å². The van der Waals surface area contributed by atoms with Gasteiger partial charge in [-0.25, -0.2) is 4.98 Å². The third-order valence-electron chi connectivity index (χ3n) is 4.21. The first kappa shape index (κ1) is 16.1. The molecule has 0 radical (unpaired) electrons. The Morgan fingerprint density at radius 1 is 1.08 bits per heavy atom. The lowest BCUT2D eigenvalue weighted by molar-refractivity contribution is -0.119. The van der Waals surface area contributed by atoms with E-state index < -0.39 is 0 Å². The molecule has 0 bridgehead atoms. The lowest BCUT2D eigenvalue weighted by Crippen LogP contribution is -2.14. The molecule has 0 fully saturated rings. The molecule has 0 saturated carbocycles. The number of nitrogens with zero attached hydrogens (tertiary/aromatic N) is 2. The van der Waals surface area contributed by atoms with Crippen molar-refractivity contribution in [3.63, 3.8) is 0 Å². The number of imidazole rings is 1. The van der Waals surface area contributed by atoms with Crippen molar-refractivity contribution in [2.24, 2.45) is 0 Å². The normalized spacial score (nSPS) is 12.2. The molecule has 0 amide bonds. The van der Waals surface area contributed by atoms with Gasteiger partial charge in [0.1, 0.15) is 5.82 Å². The molecule has 3 aromatic rings. The Labute approximate surface area is 140 Å². The van der Waals surface area contributed by atoms with Gasteiger partial charge >= 0.3 is 0 Å². The van der Waals surface area contributed by atoms with Crippen LogP contribution in [0.3, 0.4) is 0 Å². The summed E-state index contributed by atoms with van der Waals surface area (Å²) in [7, 11) is 3.20. The molecule has 1 atom stereocenters. The van der Waals surface area contributed by atoms with Crippen molar-refractivity contribution in [2.75, 3.05) is 14.2 Å². The summed E-state index contributed by atoms with van der Waals surface area (Å²) in [4.78, 5) is 16.7. The first-order valence-corrected chi connectivity index (χ1v) is 7.76. The summed E-state index contributed by atoms with van der Waals surface area (Å²) in [5.74, 6) is 2.10. The molecule has 5 heteroatoms. The van der Waals surface area contributed by atoms with Gasteiger partial charge in [0.2, 0.25) is 0 Å². The molecule has 1 aromatic heterocycles. The third kappa shape index (κ3) is 2.62. The van der Waals surface area contributed by atoms with E-state index in [1.54, 1.807) is 21.1 Å². The van der Waals surface area contributed by atoms with Crippen molar-refractivity contribution < 1.29 is 14.3 Å². The number of methoxy groups -OCH3 is 2. The van der Waals surface area contributed by atoms with Gasteiger partial charge in [0.25, 0.3) is 0 Å². The summed E-state index contributed by atoms with van der Waals surface area (Å²) in [5.41, 5.74) is 2.66. The van der Waals surface area contributed by atoms with E-state index in [-0.39, 0.29) is 11.8 Å². The van der Waals surface area contributed by atoms with Gasteiger partial charge in [0.15, 0.2) is 17.3 Å². The van der Waals surface area contributed by atoms with E-state index >= 15 is 0 Å². The molecule has 2 aromatic carbocycles. The summed E-state index contributed by atoms with van der Waals surface area (Å²) in [5, 5.41) is 0. The van der Waals surface area contributed by atoms with Crippen LogP contribution in [0.4, 0.5) is 0 Å². The van der Waals surface area contributed by atoms with E-state index in [1.807, 2.05) is 54.0 Å². The molecule has 0 N–H and O–H groups in total. The Bertz CT molecular complexity index is 899. The Kier molecular flexibility index (Phi) is 4.25. The summed E-state index contributed by atoms with van der Waals surface area (Å²) >= 11 is 0. The zero-order chi connectivity index (χ0) is 17.3. The molecule has 1 unspecified atom stereocenters. The highest BCUT2D eigenvalue weighted by Crippen LogP contribution is 2.34. The van der Waals surface area contributed by atoms with Crippen LogP contribution in [0.5, 0.6) is 11.5 Å². The summed E-state index contributed by atoms with van der Waals surface area (Å²) in [6, 6.07) is 13.2. The maximum Gasteiger partial charge on any atom is 0.161 e. The van der Waals surface area contributed by atoms with E-state index in [2.05, 4.69) is 0 Å². The largest absolute Gasteiger partial charge is 0.493 e. The van der Waals surface area contributed by atoms with Crippen LogP contribution >= 0.6 is 0 Å². The number of hydrogen-bond donors (Lipinski definition) is 0. The number of carbonyl (C=O) groups excluding carboxylic acids is 1. The minimum atomic E-state index is -0.305. The summed E-state index contributed by atoms with van der Waals surface area (Å²) < 4.78 is 12.7. The number of rotatable bonds is 5. The molecule has 5 nitrogen and oxygen atoms in total. The molecule has 124 valence electrons. The van der Waals surface area contributed by atoms with Gasteiger partial charge in [0, 0.05) is 5.56 Å². The van der Waals surface area contributed by atoms with Gasteiger partial charge in [-0.15, -0.1) is 0 Å². The number of para-hydroxylation sites is 2. The molecular formula is C19H20N2O3. The topological polar surface area (TPSA) is 53.4 Å². The average Bonchev–Trinajstić information content (AvgIpc) is 2.99. The second-order valence-corrected chi connectivity index (χ2v) is 5.65. The van der Waals surface area contributed by atoms with Crippen LogP contribution < -0.4 is 9.47 Å². The molecule has 0 aliphatic carbocycles. The lowest BCUT2D eigenvalue weighted by atomic mass is 10.1. The molecule has 0 aliphatic heterocycles. The fraction of sp³-hybridized carbons (Fsp3) is 0.263. The highest BCUT2D eigenvalue weighted by atomic mass is 16.5. The van der Waals surface area contributed by atoms with E-state index in [4.69, 9.17) is 14.5 Å². The van der Waals surface area contributed by atoms with Crippen LogP contribution in [0.15, 0.2) is 42.5 Å². The molecule has 1 heterocycles. The number of ether oxygens (including phenoxy) is 2. The number of benzene rings is 2. The van der Waals surface area contributed by atoms with Crippen molar-refractivity contribution in [1.29, 1.82) is 0 Å². The number of aromatic nitrogens is 2. The number of carbonyl (C=O) groups is 1. The summed E-state index contributed by atoms with van der Waals surface area (Å²) in [6.45, 7) is 3.48. The highest BCUT2D eigenvalue weighted by molar-refractivity contribution is 5.86. The van der Waals surface area contributed by atoms with Crippen LogP contribution in [-0.2, 0) is 4.79 Å². The van der Waals surface area contributed by atoms with E-state index in [0.717, 1.165) is 22.4 Å². The Morgan fingerprint density at radius 3 is 2.46 bits per heavy atom. The zero-order valence-electron chi connectivity index (χ0n) is 14.2. The van der Waals surface area contributed by atoms with E-state index in [0.29, 0.717) is 11.5 Å². The van der Waals surface area contributed by atoms with E-state index in [9.17, 15) is 4.79 Å². The Hall–Kier alpha value is -2.82. The molecule has 0 spiro atoms. The molecule has 0 saturated heterocycles. The maximum absolute atomic E-state index is 12.0. The fourth-order valence-electron chi connectivity index (χ4n) is 2.80. The predicted molar refractivity (Wildman–Crippen MR) is 93.7 cm³/mol. The van der Waals surface area contributed by atoms with Crippen molar-refractivity contribution >= 4 is 16.8 Å². The number of hydrogen-bond acceptors (Lipinski definition) is 4.